The van der Waals surface area contributed by atoms with Crippen LogP contribution in [0.5, 0.6) is 0 Å². The number of benzene rings is 2. The molecule has 1 aliphatic rings. The zero-order chi connectivity index (χ0) is 21.7. The quantitative estimate of drug-likeness (QED) is 0.639. The van der Waals surface area contributed by atoms with Crippen LogP contribution in [-0.2, 0) is 10.9 Å². The highest BCUT2D eigenvalue weighted by Crippen LogP contribution is 2.37. The van der Waals surface area contributed by atoms with E-state index in [1.807, 2.05) is 0 Å². The number of urea groups is 1. The van der Waals surface area contributed by atoms with Gasteiger partial charge in [-0.2, -0.15) is 13.2 Å². The van der Waals surface area contributed by atoms with Gasteiger partial charge in [-0.05, 0) is 35.9 Å². The van der Waals surface area contributed by atoms with E-state index in [1.54, 1.807) is 4.90 Å². The van der Waals surface area contributed by atoms with E-state index in [4.69, 9.17) is 4.74 Å². The van der Waals surface area contributed by atoms with Crippen LogP contribution in [0.25, 0.3) is 0 Å². The van der Waals surface area contributed by atoms with Crippen LogP contribution < -0.4 is 15.5 Å². The lowest BCUT2D eigenvalue weighted by Gasteiger charge is -2.29. The Morgan fingerprint density at radius 1 is 1.17 bits per heavy atom. The van der Waals surface area contributed by atoms with Crippen LogP contribution in [0.1, 0.15) is 17.2 Å². The molecule has 0 aromatic heterocycles. The molecule has 6 nitrogen and oxygen atoms in total. The summed E-state index contributed by atoms with van der Waals surface area (Å²) in [4.78, 5) is 13.9. The lowest BCUT2D eigenvalue weighted by molar-refractivity contribution is -0.136. The minimum atomic E-state index is -4.67. The molecule has 0 bridgehead atoms. The van der Waals surface area contributed by atoms with Crippen LogP contribution in [0.3, 0.4) is 0 Å². The van der Waals surface area contributed by atoms with Gasteiger partial charge in [0.15, 0.2) is 0 Å². The number of hydrogen-bond acceptors (Lipinski definition) is 4. The smallest absolute Gasteiger partial charge is 0.387 e. The van der Waals surface area contributed by atoms with Crippen LogP contribution in [-0.4, -0.2) is 44.0 Å². The SMILES string of the molecule is O=C(NCC(O)c1cccc(F)c1)Nc1ccc(N2CCOCC2)cc1C(F)(F)F. The van der Waals surface area contributed by atoms with E-state index in [1.165, 1.54) is 30.3 Å². The minimum absolute atomic E-state index is 0.237. The summed E-state index contributed by atoms with van der Waals surface area (Å²) in [6.07, 6.45) is -5.89. The van der Waals surface area contributed by atoms with Gasteiger partial charge >= 0.3 is 12.2 Å². The van der Waals surface area contributed by atoms with Gasteiger partial charge in [-0.1, -0.05) is 12.1 Å². The Labute approximate surface area is 170 Å². The normalized spacial score (nSPS) is 15.6. The maximum absolute atomic E-state index is 13.5. The maximum Gasteiger partial charge on any atom is 0.418 e. The first kappa shape index (κ1) is 21.8. The molecule has 1 fully saturated rings. The van der Waals surface area contributed by atoms with E-state index in [0.29, 0.717) is 32.0 Å². The molecule has 10 heteroatoms. The van der Waals surface area contributed by atoms with E-state index in [-0.39, 0.29) is 12.1 Å². The molecule has 2 amide bonds. The number of carbonyl (C=O) groups is 1. The lowest BCUT2D eigenvalue weighted by Crippen LogP contribution is -2.36. The Bertz CT molecular complexity index is 886. The monoisotopic (exact) mass is 427 g/mol. The Kier molecular flexibility index (Phi) is 6.78. The van der Waals surface area contributed by atoms with Crippen molar-refractivity contribution in [1.29, 1.82) is 0 Å². The molecule has 1 heterocycles. The second-order valence-corrected chi connectivity index (χ2v) is 6.73. The summed E-state index contributed by atoms with van der Waals surface area (Å²) in [6, 6.07) is 7.94. The third-order valence-corrected chi connectivity index (χ3v) is 4.62. The average Bonchev–Trinajstić information content (AvgIpc) is 2.72. The summed E-state index contributed by atoms with van der Waals surface area (Å²) in [5.74, 6) is -0.550. The number of carbonyl (C=O) groups excluding carboxylic acids is 1. The zero-order valence-electron chi connectivity index (χ0n) is 15.9. The van der Waals surface area contributed by atoms with Crippen molar-refractivity contribution in [2.75, 3.05) is 43.1 Å². The van der Waals surface area contributed by atoms with E-state index >= 15 is 0 Å². The number of alkyl halides is 3. The molecular formula is C20H21F4N3O3. The first-order chi connectivity index (χ1) is 14.2. The second-order valence-electron chi connectivity index (χ2n) is 6.73. The first-order valence-corrected chi connectivity index (χ1v) is 9.26. The summed E-state index contributed by atoms with van der Waals surface area (Å²) in [5.41, 5.74) is -0.760. The van der Waals surface area contributed by atoms with Crippen molar-refractivity contribution in [2.24, 2.45) is 0 Å². The van der Waals surface area contributed by atoms with Gasteiger partial charge in [0.25, 0.3) is 0 Å². The number of aliphatic hydroxyl groups excluding tert-OH is 1. The summed E-state index contributed by atoms with van der Waals surface area (Å²) in [6.45, 7) is 1.50. The molecule has 30 heavy (non-hydrogen) atoms. The highest BCUT2D eigenvalue weighted by Gasteiger charge is 2.35. The molecule has 2 aromatic rings. The van der Waals surface area contributed by atoms with Crippen LogP contribution in [0.2, 0.25) is 0 Å². The maximum atomic E-state index is 13.5. The number of halogens is 4. The van der Waals surface area contributed by atoms with Gasteiger partial charge in [-0.15, -0.1) is 0 Å². The summed E-state index contributed by atoms with van der Waals surface area (Å²) >= 11 is 0. The van der Waals surface area contributed by atoms with Gasteiger partial charge in [0.1, 0.15) is 5.82 Å². The molecule has 3 rings (SSSR count). The van der Waals surface area contributed by atoms with Gasteiger partial charge < -0.3 is 25.4 Å². The van der Waals surface area contributed by atoms with Gasteiger partial charge in [-0.25, -0.2) is 9.18 Å². The Balaban J connectivity index is 1.67. The predicted molar refractivity (Wildman–Crippen MR) is 103 cm³/mol. The van der Waals surface area contributed by atoms with E-state index in [2.05, 4.69) is 10.6 Å². The first-order valence-electron chi connectivity index (χ1n) is 9.26. The van der Waals surface area contributed by atoms with Crippen LogP contribution >= 0.6 is 0 Å². The topological polar surface area (TPSA) is 73.8 Å². The van der Waals surface area contributed by atoms with Crippen molar-refractivity contribution in [1.82, 2.24) is 5.32 Å². The van der Waals surface area contributed by atoms with Crippen LogP contribution in [0.4, 0.5) is 33.7 Å². The molecule has 1 unspecified atom stereocenters. The number of anilines is 2. The van der Waals surface area contributed by atoms with Crippen molar-refractivity contribution < 1.29 is 32.2 Å². The molecular weight excluding hydrogens is 406 g/mol. The second kappa shape index (κ2) is 9.31. The molecule has 1 aliphatic heterocycles. The Morgan fingerprint density at radius 2 is 1.90 bits per heavy atom. The lowest BCUT2D eigenvalue weighted by atomic mass is 10.1. The largest absolute Gasteiger partial charge is 0.418 e. The molecule has 2 aromatic carbocycles. The minimum Gasteiger partial charge on any atom is -0.387 e. The number of nitrogens with zero attached hydrogens (tertiary/aromatic N) is 1. The summed E-state index contributed by atoms with van der Waals surface area (Å²) in [7, 11) is 0. The number of hydrogen-bond donors (Lipinski definition) is 3. The molecule has 0 spiro atoms. The predicted octanol–water partition coefficient (Wildman–Crippen LogP) is 3.54. The fraction of sp³-hybridized carbons (Fsp3) is 0.350. The fourth-order valence-corrected chi connectivity index (χ4v) is 3.08. The van der Waals surface area contributed by atoms with Crippen LogP contribution in [0, 0.1) is 5.82 Å². The molecule has 0 saturated carbocycles. The standard InChI is InChI=1S/C20H21F4N3O3/c21-14-3-1-2-13(10-14)18(28)12-25-19(29)26-17-5-4-15(11-16(17)20(22,23)24)27-6-8-30-9-7-27/h1-5,10-11,18,28H,6-9,12H2,(H2,25,26,29). The Morgan fingerprint density at radius 3 is 2.57 bits per heavy atom. The third kappa shape index (κ3) is 5.61. The molecule has 1 atom stereocenters. The van der Waals surface area contributed by atoms with Crippen LogP contribution in [0.15, 0.2) is 42.5 Å². The number of nitrogens with one attached hydrogen (secondary N) is 2. The molecule has 1 saturated heterocycles. The zero-order valence-corrected chi connectivity index (χ0v) is 15.9. The van der Waals surface area contributed by atoms with Gasteiger partial charge in [0.2, 0.25) is 0 Å². The highest BCUT2D eigenvalue weighted by molar-refractivity contribution is 5.90. The Hall–Kier alpha value is -2.85. The number of morpholine rings is 1. The molecule has 162 valence electrons. The van der Waals surface area contributed by atoms with Gasteiger partial charge in [-0.3, -0.25) is 0 Å². The molecule has 3 N–H and O–H groups in total. The summed E-state index contributed by atoms with van der Waals surface area (Å²) < 4.78 is 59.0. The van der Waals surface area contributed by atoms with Crippen molar-refractivity contribution in [2.45, 2.75) is 12.3 Å². The van der Waals surface area contributed by atoms with Gasteiger partial charge in [0.05, 0.1) is 30.6 Å². The molecule has 0 radical (unpaired) electrons. The number of amides is 2. The third-order valence-electron chi connectivity index (χ3n) is 4.62. The van der Waals surface area contributed by atoms with Crippen molar-refractivity contribution >= 4 is 17.4 Å². The van der Waals surface area contributed by atoms with E-state index < -0.39 is 35.4 Å². The highest BCUT2D eigenvalue weighted by atomic mass is 19.4. The fourth-order valence-electron chi connectivity index (χ4n) is 3.08. The summed E-state index contributed by atoms with van der Waals surface area (Å²) in [5, 5.41) is 14.5. The molecule has 0 aliphatic carbocycles. The van der Waals surface area contributed by atoms with Crippen molar-refractivity contribution in [3.63, 3.8) is 0 Å². The number of aliphatic hydroxyl groups is 1. The van der Waals surface area contributed by atoms with Crippen molar-refractivity contribution in [3.8, 4) is 0 Å². The van der Waals surface area contributed by atoms with Crippen molar-refractivity contribution in [3.05, 3.63) is 59.4 Å². The van der Waals surface area contributed by atoms with Gasteiger partial charge in [0, 0.05) is 25.3 Å². The number of rotatable bonds is 5. The van der Waals surface area contributed by atoms with E-state index in [0.717, 1.165) is 12.1 Å². The number of ether oxygens (including phenoxy) is 1. The van der Waals surface area contributed by atoms with E-state index in [9.17, 15) is 27.5 Å². The average molecular weight is 427 g/mol.